The summed E-state index contributed by atoms with van der Waals surface area (Å²) in [6.45, 7) is 12.5. The minimum Gasteiger partial charge on any atom is -0.0877 e. The van der Waals surface area contributed by atoms with Crippen LogP contribution in [0.15, 0.2) is 132 Å². The fourth-order valence-corrected chi connectivity index (χ4v) is 3.47. The van der Waals surface area contributed by atoms with Gasteiger partial charge in [0.25, 0.3) is 0 Å². The molecule has 180 valence electrons. The van der Waals surface area contributed by atoms with Gasteiger partial charge < -0.3 is 0 Å². The molecule has 0 saturated carbocycles. The molecule has 4 rings (SSSR count). The molecule has 2 aliphatic carbocycles. The van der Waals surface area contributed by atoms with Crippen LogP contribution in [-0.4, -0.2) is 0 Å². The number of hydrogen-bond donors (Lipinski definition) is 0. The summed E-state index contributed by atoms with van der Waals surface area (Å²) in [6, 6.07) is 20.5. The van der Waals surface area contributed by atoms with Crippen LogP contribution in [0.4, 0.5) is 0 Å². The molecular formula is C34H44. The van der Waals surface area contributed by atoms with Crippen LogP contribution in [0.3, 0.4) is 0 Å². The van der Waals surface area contributed by atoms with Gasteiger partial charge in [-0.3, -0.25) is 0 Å². The second-order valence-electron chi connectivity index (χ2n) is 8.74. The van der Waals surface area contributed by atoms with Crippen LogP contribution >= 0.6 is 0 Å². The van der Waals surface area contributed by atoms with Gasteiger partial charge >= 0.3 is 0 Å². The van der Waals surface area contributed by atoms with E-state index in [1.54, 1.807) is 5.57 Å². The van der Waals surface area contributed by atoms with Crippen LogP contribution in [0.1, 0.15) is 64.5 Å². The largest absolute Gasteiger partial charge is 0.0877 e. The Morgan fingerprint density at radius 3 is 1.79 bits per heavy atom. The molecule has 0 bridgehead atoms. The summed E-state index contributed by atoms with van der Waals surface area (Å²) in [5, 5.41) is 0. The van der Waals surface area contributed by atoms with Gasteiger partial charge in [0.05, 0.1) is 0 Å². The van der Waals surface area contributed by atoms with Gasteiger partial charge in [0.1, 0.15) is 0 Å². The first-order valence-electron chi connectivity index (χ1n) is 12.5. The quantitative estimate of drug-likeness (QED) is 0.397. The molecule has 0 fully saturated rings. The summed E-state index contributed by atoms with van der Waals surface area (Å²) in [4.78, 5) is 0. The predicted molar refractivity (Wildman–Crippen MR) is 154 cm³/mol. The average Bonchev–Trinajstić information content (AvgIpc) is 2.85. The first-order chi connectivity index (χ1) is 16.5. The summed E-state index contributed by atoms with van der Waals surface area (Å²) in [5.74, 6) is 0. The van der Waals surface area contributed by atoms with Crippen molar-refractivity contribution >= 4 is 0 Å². The highest BCUT2D eigenvalue weighted by atomic mass is 14.2. The standard InChI is InChI=1S/C11H14.C9H14.2C7H8/c1-9-6-7-10-4-2-3-5-11(10)8-9;1-4-6-8-9(3)7-5-2;2*1-7-5-3-2-4-6-7/h3,5,8H,2,4,6-7H2,1H3;4-8H,1-3H3;2*2-6H,1H3/b;6-4+,7-5-,9-8-;;. The minimum atomic E-state index is 1.26. The zero-order valence-corrected chi connectivity index (χ0v) is 22.2. The van der Waals surface area contributed by atoms with Gasteiger partial charge in [0, 0.05) is 0 Å². The van der Waals surface area contributed by atoms with Crippen molar-refractivity contribution in [2.45, 2.75) is 67.2 Å². The number of rotatable bonds is 2. The van der Waals surface area contributed by atoms with Crippen molar-refractivity contribution in [2.24, 2.45) is 0 Å². The summed E-state index contributed by atoms with van der Waals surface area (Å²) in [7, 11) is 0. The first kappa shape index (κ1) is 28.9. The zero-order valence-electron chi connectivity index (χ0n) is 22.2. The molecular weight excluding hydrogens is 408 g/mol. The lowest BCUT2D eigenvalue weighted by Gasteiger charge is -2.18. The average molecular weight is 453 g/mol. The Balaban J connectivity index is 0.000000231. The van der Waals surface area contributed by atoms with Crippen molar-refractivity contribution in [3.8, 4) is 0 Å². The van der Waals surface area contributed by atoms with Crippen LogP contribution in [0.5, 0.6) is 0 Å². The van der Waals surface area contributed by atoms with E-state index in [9.17, 15) is 0 Å². The van der Waals surface area contributed by atoms with Gasteiger partial charge in [0.15, 0.2) is 0 Å². The lowest BCUT2D eigenvalue weighted by Crippen LogP contribution is -1.99. The van der Waals surface area contributed by atoms with Crippen molar-refractivity contribution < 1.29 is 0 Å². The SMILES string of the molecule is CC1=CC2=C(CCC=C2)CC1.C\C=C/C(C)=C\C=C\C.Cc1ccccc1.Cc1ccccc1. The second-order valence-corrected chi connectivity index (χ2v) is 8.74. The molecule has 34 heavy (non-hydrogen) atoms. The molecule has 2 aromatic carbocycles. The third kappa shape index (κ3) is 14.1. The summed E-state index contributed by atoms with van der Waals surface area (Å²) < 4.78 is 0. The molecule has 0 saturated heterocycles. The smallest absolute Gasteiger partial charge is 0.0268 e. The Morgan fingerprint density at radius 2 is 1.32 bits per heavy atom. The van der Waals surface area contributed by atoms with E-state index < -0.39 is 0 Å². The van der Waals surface area contributed by atoms with E-state index in [1.165, 1.54) is 53.5 Å². The third-order valence-electron chi connectivity index (χ3n) is 5.40. The van der Waals surface area contributed by atoms with Crippen LogP contribution in [0.25, 0.3) is 0 Å². The highest BCUT2D eigenvalue weighted by molar-refractivity contribution is 5.42. The van der Waals surface area contributed by atoms with E-state index in [1.807, 2.05) is 68.5 Å². The Morgan fingerprint density at radius 1 is 0.735 bits per heavy atom. The monoisotopic (exact) mass is 452 g/mol. The van der Waals surface area contributed by atoms with Gasteiger partial charge in [-0.1, -0.05) is 137 Å². The fourth-order valence-electron chi connectivity index (χ4n) is 3.47. The molecule has 0 heteroatoms. The van der Waals surface area contributed by atoms with E-state index in [4.69, 9.17) is 0 Å². The predicted octanol–water partition coefficient (Wildman–Crippen LogP) is 10.4. The molecule has 0 aliphatic heterocycles. The molecule has 0 aromatic heterocycles. The summed E-state index contributed by atoms with van der Waals surface area (Å²) >= 11 is 0. The molecule has 0 nitrogen and oxygen atoms in total. The highest BCUT2D eigenvalue weighted by Gasteiger charge is 2.10. The molecule has 0 amide bonds. The maximum Gasteiger partial charge on any atom is -0.0268 e. The van der Waals surface area contributed by atoms with Crippen molar-refractivity contribution in [3.63, 3.8) is 0 Å². The maximum absolute atomic E-state index is 2.34. The van der Waals surface area contributed by atoms with E-state index >= 15 is 0 Å². The van der Waals surface area contributed by atoms with Crippen molar-refractivity contribution in [3.05, 3.63) is 143 Å². The second kappa shape index (κ2) is 18.3. The van der Waals surface area contributed by atoms with Crippen molar-refractivity contribution in [1.29, 1.82) is 0 Å². The van der Waals surface area contributed by atoms with Gasteiger partial charge in [-0.05, 0) is 72.8 Å². The van der Waals surface area contributed by atoms with Gasteiger partial charge in [0.2, 0.25) is 0 Å². The van der Waals surface area contributed by atoms with E-state index in [2.05, 4.69) is 82.3 Å². The molecule has 0 unspecified atom stereocenters. The van der Waals surface area contributed by atoms with E-state index in [-0.39, 0.29) is 0 Å². The molecule has 0 heterocycles. The zero-order chi connectivity index (χ0) is 25.0. The summed E-state index contributed by atoms with van der Waals surface area (Å²) in [6.07, 6.45) is 22.3. The van der Waals surface area contributed by atoms with E-state index in [0.717, 1.165) is 0 Å². The lowest BCUT2D eigenvalue weighted by atomic mass is 9.87. The fraction of sp³-hybridized carbons (Fsp3) is 0.294. The van der Waals surface area contributed by atoms with Crippen LogP contribution in [-0.2, 0) is 0 Å². The first-order valence-corrected chi connectivity index (χ1v) is 12.5. The van der Waals surface area contributed by atoms with Crippen LogP contribution < -0.4 is 0 Å². The molecule has 0 atom stereocenters. The molecule has 0 spiro atoms. The highest BCUT2D eigenvalue weighted by Crippen LogP contribution is 2.30. The Kier molecular flexibility index (Phi) is 15.6. The van der Waals surface area contributed by atoms with E-state index in [0.29, 0.717) is 0 Å². The number of benzene rings is 2. The molecule has 0 radical (unpaired) electrons. The third-order valence-corrected chi connectivity index (χ3v) is 5.40. The number of hydrogen-bond acceptors (Lipinski definition) is 0. The van der Waals surface area contributed by atoms with Crippen LogP contribution in [0, 0.1) is 13.8 Å². The number of aryl methyl sites for hydroxylation is 2. The van der Waals surface area contributed by atoms with Gasteiger partial charge in [-0.2, -0.15) is 0 Å². The lowest BCUT2D eigenvalue weighted by molar-refractivity contribution is 0.806. The Hall–Kier alpha value is -3.12. The maximum atomic E-state index is 2.34. The normalized spacial score (nSPS) is 14.8. The summed E-state index contributed by atoms with van der Waals surface area (Å²) in [5.41, 5.74) is 8.65. The minimum absolute atomic E-state index is 1.26. The van der Waals surface area contributed by atoms with Gasteiger partial charge in [-0.25, -0.2) is 0 Å². The van der Waals surface area contributed by atoms with Crippen LogP contribution in [0.2, 0.25) is 0 Å². The Labute approximate surface area is 209 Å². The molecule has 0 N–H and O–H groups in total. The topological polar surface area (TPSA) is 0 Å². The molecule has 2 aliphatic rings. The van der Waals surface area contributed by atoms with Crippen molar-refractivity contribution in [1.82, 2.24) is 0 Å². The van der Waals surface area contributed by atoms with Crippen molar-refractivity contribution in [2.75, 3.05) is 0 Å². The van der Waals surface area contributed by atoms with Gasteiger partial charge in [-0.15, -0.1) is 0 Å². The Bertz CT molecular complexity index is 939. The number of allylic oxidation sites excluding steroid dienone is 12. The molecule has 2 aromatic rings.